The van der Waals surface area contributed by atoms with Crippen molar-refractivity contribution in [3.8, 4) is 23.0 Å². The first-order valence-corrected chi connectivity index (χ1v) is 8.65. The molecule has 0 fully saturated rings. The summed E-state index contributed by atoms with van der Waals surface area (Å²) in [6, 6.07) is 7.27. The van der Waals surface area contributed by atoms with Gasteiger partial charge in [-0.3, -0.25) is 4.98 Å². The number of hydrogen-bond donors (Lipinski definition) is 1. The first-order chi connectivity index (χ1) is 13.3. The Morgan fingerprint density at radius 1 is 1.04 bits per heavy atom. The van der Waals surface area contributed by atoms with E-state index in [0.717, 1.165) is 17.8 Å². The summed E-state index contributed by atoms with van der Waals surface area (Å²) in [7, 11) is 0. The van der Waals surface area contributed by atoms with Gasteiger partial charge in [0, 0.05) is 30.8 Å². The zero-order chi connectivity index (χ0) is 18.5. The minimum Gasteiger partial charge on any atom is -0.461 e. The topological polar surface area (TPSA) is 116 Å². The van der Waals surface area contributed by atoms with Gasteiger partial charge in [-0.1, -0.05) is 5.16 Å². The van der Waals surface area contributed by atoms with Crippen LogP contribution in [0.1, 0.15) is 18.1 Å². The number of nitrogens with zero attached hydrogens (tertiary/aromatic N) is 6. The van der Waals surface area contributed by atoms with Crippen molar-refractivity contribution in [2.75, 3.05) is 6.61 Å². The van der Waals surface area contributed by atoms with Crippen LogP contribution in [0.15, 0.2) is 51.9 Å². The highest BCUT2D eigenvalue weighted by molar-refractivity contribution is 5.52. The molecule has 0 atom stereocenters. The van der Waals surface area contributed by atoms with Gasteiger partial charge in [-0.25, -0.2) is 9.67 Å². The Balaban J connectivity index is 1.41. The van der Waals surface area contributed by atoms with Gasteiger partial charge in [0.05, 0.1) is 19.4 Å². The van der Waals surface area contributed by atoms with Crippen LogP contribution in [0.25, 0.3) is 23.0 Å². The summed E-state index contributed by atoms with van der Waals surface area (Å²) in [6.07, 6.45) is 7.02. The van der Waals surface area contributed by atoms with E-state index in [2.05, 4.69) is 25.2 Å². The zero-order valence-corrected chi connectivity index (χ0v) is 14.5. The van der Waals surface area contributed by atoms with Crippen LogP contribution in [0.4, 0.5) is 0 Å². The number of pyridine rings is 1. The summed E-state index contributed by atoms with van der Waals surface area (Å²) < 4.78 is 12.4. The van der Waals surface area contributed by atoms with Gasteiger partial charge in [0.15, 0.2) is 5.76 Å². The van der Waals surface area contributed by atoms with E-state index in [1.54, 1.807) is 29.4 Å². The smallest absolute Gasteiger partial charge is 0.226 e. The Bertz CT molecular complexity index is 978. The van der Waals surface area contributed by atoms with Crippen molar-refractivity contribution < 1.29 is 14.0 Å². The predicted octanol–water partition coefficient (Wildman–Crippen LogP) is 2.15. The van der Waals surface area contributed by atoms with Gasteiger partial charge in [0.25, 0.3) is 0 Å². The van der Waals surface area contributed by atoms with Gasteiger partial charge < -0.3 is 14.0 Å². The monoisotopic (exact) mass is 366 g/mol. The first-order valence-electron chi connectivity index (χ1n) is 8.65. The van der Waals surface area contributed by atoms with Crippen molar-refractivity contribution in [2.45, 2.75) is 25.8 Å². The molecule has 138 valence electrons. The van der Waals surface area contributed by atoms with E-state index < -0.39 is 0 Å². The number of aromatic nitrogens is 6. The molecule has 0 aliphatic rings. The fourth-order valence-corrected chi connectivity index (χ4v) is 2.72. The summed E-state index contributed by atoms with van der Waals surface area (Å²) >= 11 is 0. The third-order valence-corrected chi connectivity index (χ3v) is 4.00. The Kier molecular flexibility index (Phi) is 5.01. The summed E-state index contributed by atoms with van der Waals surface area (Å²) in [4.78, 5) is 12.9. The summed E-state index contributed by atoms with van der Waals surface area (Å²) in [6.45, 7) is 0.378. The van der Waals surface area contributed by atoms with Crippen LogP contribution in [0.3, 0.4) is 0 Å². The quantitative estimate of drug-likeness (QED) is 0.504. The van der Waals surface area contributed by atoms with Crippen molar-refractivity contribution in [3.05, 3.63) is 54.6 Å². The molecule has 4 aromatic rings. The van der Waals surface area contributed by atoms with Crippen LogP contribution in [-0.4, -0.2) is 41.6 Å². The highest BCUT2D eigenvalue weighted by Crippen LogP contribution is 2.18. The van der Waals surface area contributed by atoms with Crippen LogP contribution in [0, 0.1) is 0 Å². The molecule has 0 amide bonds. The molecular weight excluding hydrogens is 348 g/mol. The molecule has 9 heteroatoms. The second-order valence-corrected chi connectivity index (χ2v) is 5.88. The Hall–Kier alpha value is -3.33. The summed E-state index contributed by atoms with van der Waals surface area (Å²) in [5.41, 5.74) is 0.866. The van der Waals surface area contributed by atoms with E-state index >= 15 is 0 Å². The van der Waals surface area contributed by atoms with Crippen LogP contribution in [0.5, 0.6) is 0 Å². The summed E-state index contributed by atoms with van der Waals surface area (Å²) in [5, 5.41) is 17.7. The van der Waals surface area contributed by atoms with Crippen LogP contribution in [0.2, 0.25) is 0 Å². The predicted molar refractivity (Wildman–Crippen MR) is 94.4 cm³/mol. The van der Waals surface area contributed by atoms with Crippen molar-refractivity contribution >= 4 is 0 Å². The molecule has 0 spiro atoms. The van der Waals surface area contributed by atoms with Gasteiger partial charge in [-0.2, -0.15) is 4.98 Å². The van der Waals surface area contributed by atoms with Gasteiger partial charge in [0.2, 0.25) is 17.5 Å². The number of hydrogen-bond acceptors (Lipinski definition) is 8. The number of furan rings is 1. The van der Waals surface area contributed by atoms with Crippen LogP contribution in [-0.2, 0) is 19.4 Å². The lowest BCUT2D eigenvalue weighted by Gasteiger charge is -2.02. The minimum absolute atomic E-state index is 0.00704. The number of rotatable bonds is 8. The van der Waals surface area contributed by atoms with E-state index in [1.165, 1.54) is 0 Å². The van der Waals surface area contributed by atoms with Gasteiger partial charge >= 0.3 is 0 Å². The fraction of sp³-hybridized carbons (Fsp3) is 0.278. The molecule has 4 aromatic heterocycles. The third kappa shape index (κ3) is 3.93. The number of aliphatic hydroxyl groups excluding tert-OH is 1. The zero-order valence-electron chi connectivity index (χ0n) is 14.5. The minimum atomic E-state index is -0.00704. The van der Waals surface area contributed by atoms with E-state index in [9.17, 15) is 5.11 Å². The lowest BCUT2D eigenvalue weighted by molar-refractivity contribution is 0.266. The summed E-state index contributed by atoms with van der Waals surface area (Å²) in [5.74, 6) is 3.02. The number of aliphatic hydroxyl groups is 1. The van der Waals surface area contributed by atoms with E-state index in [-0.39, 0.29) is 6.61 Å². The standard InChI is InChI=1S/C18H18N6O3/c25-11-10-24-15(20-18(22-24)14-3-2-12-26-14)4-1-5-16-21-17(23-27-16)13-6-8-19-9-7-13/h2-3,6-9,12,25H,1,4-5,10-11H2. The third-order valence-electron chi connectivity index (χ3n) is 4.00. The molecule has 1 N–H and O–H groups in total. The second-order valence-electron chi connectivity index (χ2n) is 5.88. The fourth-order valence-electron chi connectivity index (χ4n) is 2.72. The second kappa shape index (κ2) is 7.92. The SMILES string of the molecule is OCCn1nc(-c2ccco2)nc1CCCc1nc(-c2ccncc2)no1. The molecule has 4 heterocycles. The Morgan fingerprint density at radius 2 is 1.93 bits per heavy atom. The molecule has 0 bridgehead atoms. The highest BCUT2D eigenvalue weighted by Gasteiger charge is 2.14. The molecule has 9 nitrogen and oxygen atoms in total. The molecular formula is C18H18N6O3. The number of aryl methyl sites for hydroxylation is 2. The van der Waals surface area contributed by atoms with Gasteiger partial charge in [-0.05, 0) is 30.7 Å². The lowest BCUT2D eigenvalue weighted by Crippen LogP contribution is -2.09. The molecule has 27 heavy (non-hydrogen) atoms. The Labute approximate surface area is 154 Å². The lowest BCUT2D eigenvalue weighted by atomic mass is 10.2. The average molecular weight is 366 g/mol. The molecule has 0 saturated carbocycles. The molecule has 0 unspecified atom stereocenters. The Morgan fingerprint density at radius 3 is 2.70 bits per heavy atom. The molecule has 0 saturated heterocycles. The van der Waals surface area contributed by atoms with Crippen LogP contribution < -0.4 is 0 Å². The highest BCUT2D eigenvalue weighted by atomic mass is 16.5. The largest absolute Gasteiger partial charge is 0.461 e. The molecule has 4 rings (SSSR count). The van der Waals surface area contributed by atoms with E-state index in [1.807, 2.05) is 18.2 Å². The van der Waals surface area contributed by atoms with Crippen molar-refractivity contribution in [1.29, 1.82) is 0 Å². The molecule has 0 radical (unpaired) electrons. The molecule has 0 aromatic carbocycles. The normalized spacial score (nSPS) is 11.1. The molecule has 0 aliphatic heterocycles. The maximum atomic E-state index is 9.25. The van der Waals surface area contributed by atoms with E-state index in [0.29, 0.717) is 42.7 Å². The maximum Gasteiger partial charge on any atom is 0.226 e. The molecule has 0 aliphatic carbocycles. The van der Waals surface area contributed by atoms with Gasteiger partial charge in [-0.15, -0.1) is 5.10 Å². The van der Waals surface area contributed by atoms with Crippen LogP contribution >= 0.6 is 0 Å². The van der Waals surface area contributed by atoms with Crippen molar-refractivity contribution in [3.63, 3.8) is 0 Å². The average Bonchev–Trinajstić information content (AvgIpc) is 3.44. The van der Waals surface area contributed by atoms with Gasteiger partial charge in [0.1, 0.15) is 5.82 Å². The van der Waals surface area contributed by atoms with E-state index in [4.69, 9.17) is 8.94 Å². The first kappa shape index (κ1) is 17.1. The maximum absolute atomic E-state index is 9.25. The van der Waals surface area contributed by atoms with Crippen molar-refractivity contribution in [2.24, 2.45) is 0 Å². The van der Waals surface area contributed by atoms with Crippen molar-refractivity contribution in [1.82, 2.24) is 29.9 Å².